The summed E-state index contributed by atoms with van der Waals surface area (Å²) in [6.07, 6.45) is 12.6. The molecule has 0 spiro atoms. The summed E-state index contributed by atoms with van der Waals surface area (Å²) in [6.45, 7) is 2.34. The number of hydrogen-bond donors (Lipinski definition) is 2. The number of amides is 1. The van der Waals surface area contributed by atoms with Crippen molar-refractivity contribution in [1.29, 1.82) is 0 Å². The van der Waals surface area contributed by atoms with Gasteiger partial charge in [0.1, 0.15) is 0 Å². The van der Waals surface area contributed by atoms with Gasteiger partial charge in [0.25, 0.3) is 0 Å². The molecule has 5 nitrogen and oxygen atoms in total. The lowest BCUT2D eigenvalue weighted by atomic mass is 10.2. The molecule has 0 unspecified atom stereocenters. The van der Waals surface area contributed by atoms with E-state index in [1.54, 1.807) is 6.20 Å². The molecule has 0 radical (unpaired) electrons. The Kier molecular flexibility index (Phi) is 5.88. The van der Waals surface area contributed by atoms with Gasteiger partial charge in [-0.05, 0) is 32.2 Å². The molecule has 0 atom stereocenters. The fourth-order valence-corrected chi connectivity index (χ4v) is 2.51. The van der Waals surface area contributed by atoms with E-state index in [0.29, 0.717) is 12.6 Å². The first-order chi connectivity index (χ1) is 9.34. The first-order valence-corrected chi connectivity index (χ1v) is 7.30. The molecule has 1 aromatic heterocycles. The number of nitrogens with one attached hydrogen (secondary N) is 2. The van der Waals surface area contributed by atoms with Gasteiger partial charge >= 0.3 is 0 Å². The van der Waals surface area contributed by atoms with E-state index in [0.717, 1.165) is 38.8 Å². The van der Waals surface area contributed by atoms with Gasteiger partial charge in [0.15, 0.2) is 0 Å². The van der Waals surface area contributed by atoms with Crippen LogP contribution in [0.25, 0.3) is 0 Å². The second-order valence-corrected chi connectivity index (χ2v) is 5.23. The van der Waals surface area contributed by atoms with E-state index in [2.05, 4.69) is 20.2 Å². The van der Waals surface area contributed by atoms with Gasteiger partial charge in [-0.1, -0.05) is 12.8 Å². The Labute approximate surface area is 114 Å². The molecule has 0 aliphatic heterocycles. The Morgan fingerprint density at radius 2 is 2.16 bits per heavy atom. The molecule has 106 valence electrons. The van der Waals surface area contributed by atoms with Gasteiger partial charge < -0.3 is 15.2 Å². The maximum atomic E-state index is 11.6. The van der Waals surface area contributed by atoms with Crippen LogP contribution >= 0.6 is 0 Å². The Bertz CT molecular complexity index is 358. The Morgan fingerprint density at radius 1 is 1.32 bits per heavy atom. The lowest BCUT2D eigenvalue weighted by Crippen LogP contribution is -2.39. The van der Waals surface area contributed by atoms with Gasteiger partial charge in [0.05, 0.1) is 12.9 Å². The molecule has 1 aromatic rings. The first-order valence-electron chi connectivity index (χ1n) is 7.30. The fourth-order valence-electron chi connectivity index (χ4n) is 2.51. The normalized spacial score (nSPS) is 15.8. The largest absolute Gasteiger partial charge is 0.352 e. The third-order valence-electron chi connectivity index (χ3n) is 3.58. The number of unbranched alkanes of at least 4 members (excludes halogenated alkanes) is 1. The molecule has 5 heteroatoms. The number of aryl methyl sites for hydroxylation is 1. The molecule has 1 amide bonds. The number of nitrogens with zero attached hydrogens (tertiary/aromatic N) is 2. The molecular weight excluding hydrogens is 240 g/mol. The molecule has 0 aromatic carbocycles. The first kappa shape index (κ1) is 14.1. The molecule has 1 fully saturated rings. The van der Waals surface area contributed by atoms with Gasteiger partial charge in [-0.25, -0.2) is 4.98 Å². The summed E-state index contributed by atoms with van der Waals surface area (Å²) < 4.78 is 2.08. The van der Waals surface area contributed by atoms with E-state index in [9.17, 15) is 4.79 Å². The molecule has 1 saturated carbocycles. The van der Waals surface area contributed by atoms with Crippen molar-refractivity contribution in [3.63, 3.8) is 0 Å². The summed E-state index contributed by atoms with van der Waals surface area (Å²) >= 11 is 0. The van der Waals surface area contributed by atoms with Crippen LogP contribution in [0.2, 0.25) is 0 Å². The zero-order valence-corrected chi connectivity index (χ0v) is 11.5. The van der Waals surface area contributed by atoms with Gasteiger partial charge in [0.2, 0.25) is 5.91 Å². The zero-order valence-electron chi connectivity index (χ0n) is 11.5. The lowest BCUT2D eigenvalue weighted by Gasteiger charge is -2.12. The minimum absolute atomic E-state index is 0.140. The maximum Gasteiger partial charge on any atom is 0.234 e. The van der Waals surface area contributed by atoms with Crippen molar-refractivity contribution in [2.24, 2.45) is 0 Å². The van der Waals surface area contributed by atoms with Crippen LogP contribution in [-0.2, 0) is 11.3 Å². The number of aromatic nitrogens is 2. The molecule has 1 heterocycles. The summed E-state index contributed by atoms with van der Waals surface area (Å²) in [5.41, 5.74) is 0. The Hall–Kier alpha value is -1.36. The smallest absolute Gasteiger partial charge is 0.234 e. The standard InChI is InChI=1S/C14H24N4O/c19-14(17-13-5-1-2-6-13)11-15-7-3-4-9-18-10-8-16-12-18/h8,10,12-13,15H,1-7,9,11H2,(H,17,19). The van der Waals surface area contributed by atoms with Crippen molar-refractivity contribution < 1.29 is 4.79 Å². The summed E-state index contributed by atoms with van der Waals surface area (Å²) in [5.74, 6) is 0.140. The topological polar surface area (TPSA) is 59.0 Å². The van der Waals surface area contributed by atoms with Crippen LogP contribution in [-0.4, -0.2) is 34.6 Å². The van der Waals surface area contributed by atoms with Gasteiger partial charge in [-0.2, -0.15) is 0 Å². The lowest BCUT2D eigenvalue weighted by molar-refractivity contribution is -0.120. The number of hydrogen-bond acceptors (Lipinski definition) is 3. The summed E-state index contributed by atoms with van der Waals surface area (Å²) in [4.78, 5) is 15.6. The van der Waals surface area contributed by atoms with Crippen LogP contribution in [0.1, 0.15) is 38.5 Å². The predicted octanol–water partition coefficient (Wildman–Crippen LogP) is 1.31. The van der Waals surface area contributed by atoms with Crippen LogP contribution in [0.3, 0.4) is 0 Å². The van der Waals surface area contributed by atoms with Crippen LogP contribution in [0.5, 0.6) is 0 Å². The SMILES string of the molecule is O=C(CNCCCCn1ccnc1)NC1CCCC1. The summed E-state index contributed by atoms with van der Waals surface area (Å²) in [7, 11) is 0. The Morgan fingerprint density at radius 3 is 2.89 bits per heavy atom. The van der Waals surface area contributed by atoms with E-state index < -0.39 is 0 Å². The molecule has 1 aliphatic carbocycles. The van der Waals surface area contributed by atoms with E-state index in [-0.39, 0.29) is 5.91 Å². The highest BCUT2D eigenvalue weighted by Crippen LogP contribution is 2.17. The zero-order chi connectivity index (χ0) is 13.3. The predicted molar refractivity (Wildman–Crippen MR) is 74.7 cm³/mol. The third kappa shape index (κ3) is 5.42. The van der Waals surface area contributed by atoms with Crippen LogP contribution < -0.4 is 10.6 Å². The average Bonchev–Trinajstić information content (AvgIpc) is 3.06. The van der Waals surface area contributed by atoms with Crippen molar-refractivity contribution in [1.82, 2.24) is 20.2 Å². The van der Waals surface area contributed by atoms with E-state index in [1.165, 1.54) is 12.8 Å². The maximum absolute atomic E-state index is 11.6. The third-order valence-corrected chi connectivity index (χ3v) is 3.58. The highest BCUT2D eigenvalue weighted by molar-refractivity contribution is 5.78. The highest BCUT2D eigenvalue weighted by atomic mass is 16.1. The van der Waals surface area contributed by atoms with Crippen LogP contribution in [0.15, 0.2) is 18.7 Å². The molecular formula is C14H24N4O. The van der Waals surface area contributed by atoms with Crippen LogP contribution in [0, 0.1) is 0 Å². The monoisotopic (exact) mass is 264 g/mol. The summed E-state index contributed by atoms with van der Waals surface area (Å²) in [5, 5.41) is 6.28. The molecule has 0 saturated heterocycles. The molecule has 19 heavy (non-hydrogen) atoms. The number of imidazole rings is 1. The minimum Gasteiger partial charge on any atom is -0.352 e. The number of carbonyl (C=O) groups excluding carboxylic acids is 1. The summed E-state index contributed by atoms with van der Waals surface area (Å²) in [6, 6.07) is 0.426. The highest BCUT2D eigenvalue weighted by Gasteiger charge is 2.16. The molecule has 2 rings (SSSR count). The van der Waals surface area contributed by atoms with Crippen molar-refractivity contribution in [2.45, 2.75) is 51.1 Å². The minimum atomic E-state index is 0.140. The Balaban J connectivity index is 1.44. The second kappa shape index (κ2) is 7.94. The molecule has 0 bridgehead atoms. The quantitative estimate of drug-likeness (QED) is 0.696. The van der Waals surface area contributed by atoms with Crippen LogP contribution in [0.4, 0.5) is 0 Å². The van der Waals surface area contributed by atoms with E-state index >= 15 is 0 Å². The number of rotatable bonds is 8. The average molecular weight is 264 g/mol. The van der Waals surface area contributed by atoms with E-state index in [4.69, 9.17) is 0 Å². The second-order valence-electron chi connectivity index (χ2n) is 5.23. The van der Waals surface area contributed by atoms with Crippen molar-refractivity contribution in [3.8, 4) is 0 Å². The van der Waals surface area contributed by atoms with E-state index in [1.807, 2.05) is 12.5 Å². The number of carbonyl (C=O) groups is 1. The van der Waals surface area contributed by atoms with Crippen molar-refractivity contribution in [3.05, 3.63) is 18.7 Å². The van der Waals surface area contributed by atoms with Crippen molar-refractivity contribution >= 4 is 5.91 Å². The fraction of sp³-hybridized carbons (Fsp3) is 0.714. The van der Waals surface area contributed by atoms with Crippen molar-refractivity contribution in [2.75, 3.05) is 13.1 Å². The van der Waals surface area contributed by atoms with Gasteiger partial charge in [-0.15, -0.1) is 0 Å². The van der Waals surface area contributed by atoms with Gasteiger partial charge in [0, 0.05) is 25.0 Å². The molecule has 2 N–H and O–H groups in total. The molecule has 1 aliphatic rings. The van der Waals surface area contributed by atoms with Gasteiger partial charge in [-0.3, -0.25) is 4.79 Å².